The Hall–Kier alpha value is 0.803. The first-order chi connectivity index (χ1) is 5.85. The van der Waals surface area contributed by atoms with Crippen LogP contribution in [0.3, 0.4) is 0 Å². The molecule has 0 amide bonds. The Labute approximate surface area is 93.0 Å². The van der Waals surface area contributed by atoms with E-state index < -0.39 is 0 Å². The van der Waals surface area contributed by atoms with Gasteiger partial charge in [0.25, 0.3) is 0 Å². The van der Waals surface area contributed by atoms with Gasteiger partial charge >= 0.3 is 30.0 Å². The summed E-state index contributed by atoms with van der Waals surface area (Å²) < 4.78 is 4.98. The van der Waals surface area contributed by atoms with Gasteiger partial charge in [0.05, 0.1) is 0 Å². The van der Waals surface area contributed by atoms with E-state index in [9.17, 15) is 0 Å². The first-order valence-electron chi connectivity index (χ1n) is 4.15. The molecule has 0 aliphatic rings. The number of rotatable bonds is 6. The maximum atomic E-state index is 5.39. The van der Waals surface area contributed by atoms with E-state index in [-0.39, 0.29) is 0 Å². The Morgan fingerprint density at radius 2 is 2.17 bits per heavy atom. The number of hydrogen-bond acceptors (Lipinski definition) is 1. The summed E-state index contributed by atoms with van der Waals surface area (Å²) in [4.78, 5) is 0. The third-order valence-corrected chi connectivity index (χ3v) is 1.58. The van der Waals surface area contributed by atoms with Crippen molar-refractivity contribution in [2.45, 2.75) is 26.2 Å². The molecule has 68 valence electrons. The van der Waals surface area contributed by atoms with E-state index in [1.54, 1.807) is 13.2 Å². The van der Waals surface area contributed by atoms with Crippen LogP contribution < -0.4 is 0 Å². The molecule has 1 atom stereocenters. The number of halogens is 1. The van der Waals surface area contributed by atoms with Gasteiger partial charge in [0.2, 0.25) is 0 Å². The first kappa shape index (κ1) is 15.3. The molecule has 0 bridgehead atoms. The van der Waals surface area contributed by atoms with Gasteiger partial charge in [0.15, 0.2) is 0 Å². The van der Waals surface area contributed by atoms with Crippen LogP contribution in [0.4, 0.5) is 0 Å². The molecule has 0 radical (unpaired) electrons. The van der Waals surface area contributed by atoms with Crippen LogP contribution in [0.2, 0.25) is 0 Å². The summed E-state index contributed by atoms with van der Waals surface area (Å²) in [5.74, 6) is 0.449. The molecule has 0 aromatic rings. The molecular weight excluding hydrogens is 269 g/mol. The second-order valence-corrected chi connectivity index (χ2v) is 2.55. The van der Waals surface area contributed by atoms with Crippen molar-refractivity contribution in [2.75, 3.05) is 13.7 Å². The summed E-state index contributed by atoms with van der Waals surface area (Å²) in [7, 11) is 1.71. The second kappa shape index (κ2) is 14.3. The average molecular weight is 287 g/mol. The van der Waals surface area contributed by atoms with Gasteiger partial charge in [0.1, 0.15) is 0 Å². The van der Waals surface area contributed by atoms with E-state index in [2.05, 4.69) is 20.5 Å². The predicted molar refractivity (Wildman–Crippen MR) is 52.7 cm³/mol. The predicted octanol–water partition coefficient (Wildman–Crippen LogP) is 3.27. The van der Waals surface area contributed by atoms with Gasteiger partial charge in [0, 0.05) is 13.7 Å². The Morgan fingerprint density at radius 1 is 1.58 bits per heavy atom. The van der Waals surface area contributed by atoms with Crippen molar-refractivity contribution in [3.05, 3.63) is 12.7 Å². The Bertz CT molecular complexity index is 88.6. The standard InChI is InChI=1S/C9H17O.BrH.Zn/c1-4-6-7-9(5-2)8-10-3;;/h2,5,9H,4,6-8H2,1,3H3;1H;/q-1;;+2/p-1. The quantitative estimate of drug-likeness (QED) is 0.538. The average Bonchev–Trinajstić information content (AvgIpc) is 2.15. The molecule has 0 heterocycles. The summed E-state index contributed by atoms with van der Waals surface area (Å²) in [5, 5.41) is 0. The van der Waals surface area contributed by atoms with Crippen LogP contribution in [0.5, 0.6) is 0 Å². The van der Waals surface area contributed by atoms with Gasteiger partial charge < -0.3 is 11.3 Å². The second-order valence-electron chi connectivity index (χ2n) is 2.55. The zero-order valence-corrected chi connectivity index (χ0v) is 12.6. The molecule has 0 saturated carbocycles. The van der Waals surface area contributed by atoms with Crippen molar-refractivity contribution in [2.24, 2.45) is 5.92 Å². The Kier molecular flexibility index (Phi) is 18.3. The van der Waals surface area contributed by atoms with Gasteiger partial charge in [-0.2, -0.15) is 0 Å². The molecule has 0 aliphatic heterocycles. The van der Waals surface area contributed by atoms with Gasteiger partial charge in [-0.1, -0.05) is 19.8 Å². The number of hydrogen-bond donors (Lipinski definition) is 0. The molecule has 0 aromatic heterocycles. The van der Waals surface area contributed by atoms with E-state index in [1.807, 2.05) is 0 Å². The molecule has 0 aromatic carbocycles. The fraction of sp³-hybridized carbons (Fsp3) is 0.778. The van der Waals surface area contributed by atoms with Crippen molar-refractivity contribution < 1.29 is 21.1 Å². The van der Waals surface area contributed by atoms with Crippen LogP contribution in [0.1, 0.15) is 26.2 Å². The summed E-state index contributed by atoms with van der Waals surface area (Å²) in [6.07, 6.45) is 5.36. The van der Waals surface area contributed by atoms with Crippen LogP contribution in [-0.2, 0) is 21.1 Å². The van der Waals surface area contributed by atoms with Crippen molar-refractivity contribution >= 4 is 13.6 Å². The molecule has 0 aliphatic carbocycles. The van der Waals surface area contributed by atoms with Crippen molar-refractivity contribution in [1.82, 2.24) is 0 Å². The molecule has 0 saturated heterocycles. The summed E-state index contributed by atoms with van der Waals surface area (Å²) in [5.41, 5.74) is 0. The SMILES string of the molecule is [CH-]=CC(CCCC)COC.[Zn+][Br]. The minimum absolute atomic E-state index is 0.449. The van der Waals surface area contributed by atoms with Crippen molar-refractivity contribution in [3.63, 3.8) is 0 Å². The minimum atomic E-state index is 0.449. The van der Waals surface area contributed by atoms with E-state index in [0.717, 1.165) is 13.0 Å². The molecule has 0 fully saturated rings. The van der Waals surface area contributed by atoms with Crippen LogP contribution in [-0.4, -0.2) is 13.7 Å². The molecule has 1 nitrogen and oxygen atoms in total. The first-order valence-corrected chi connectivity index (χ1v) is 11.1. The number of ether oxygens (including phenoxy) is 1. The zero-order chi connectivity index (χ0) is 9.82. The third kappa shape index (κ3) is 10.8. The monoisotopic (exact) mass is 284 g/mol. The third-order valence-electron chi connectivity index (χ3n) is 1.58. The van der Waals surface area contributed by atoms with E-state index in [4.69, 9.17) is 11.3 Å². The molecule has 3 heteroatoms. The van der Waals surface area contributed by atoms with Crippen LogP contribution >= 0.6 is 13.6 Å². The van der Waals surface area contributed by atoms with Crippen LogP contribution in [0.25, 0.3) is 0 Å². The zero-order valence-electron chi connectivity index (χ0n) is 8.05. The van der Waals surface area contributed by atoms with Crippen molar-refractivity contribution in [3.8, 4) is 0 Å². The summed E-state index contributed by atoms with van der Waals surface area (Å²) in [6, 6.07) is 0. The summed E-state index contributed by atoms with van der Waals surface area (Å²) >= 11 is 4.25. The van der Waals surface area contributed by atoms with E-state index >= 15 is 0 Å². The molecule has 0 N–H and O–H groups in total. The Morgan fingerprint density at radius 3 is 2.50 bits per heavy atom. The van der Waals surface area contributed by atoms with Gasteiger partial charge in [-0.05, 0) is 12.3 Å². The fourth-order valence-electron chi connectivity index (χ4n) is 0.916. The maximum absolute atomic E-state index is 5.39. The van der Waals surface area contributed by atoms with Crippen LogP contribution in [0, 0.1) is 12.5 Å². The fourth-order valence-corrected chi connectivity index (χ4v) is 0.916. The van der Waals surface area contributed by atoms with E-state index in [1.165, 1.54) is 29.2 Å². The molecule has 12 heavy (non-hydrogen) atoms. The van der Waals surface area contributed by atoms with E-state index in [0.29, 0.717) is 5.92 Å². The van der Waals surface area contributed by atoms with Crippen molar-refractivity contribution in [1.29, 1.82) is 0 Å². The Balaban J connectivity index is 0. The molecule has 1 unspecified atom stereocenters. The normalized spacial score (nSPS) is 11.4. The molecule has 0 spiro atoms. The topological polar surface area (TPSA) is 9.23 Å². The van der Waals surface area contributed by atoms with Crippen LogP contribution in [0.15, 0.2) is 6.08 Å². The van der Waals surface area contributed by atoms with Gasteiger partial charge in [-0.15, -0.1) is 0 Å². The molecule has 0 rings (SSSR count). The van der Waals surface area contributed by atoms with Gasteiger partial charge in [-0.3, -0.25) is 6.08 Å². The summed E-state index contributed by atoms with van der Waals surface area (Å²) in [6.45, 7) is 8.34. The number of methoxy groups -OCH3 is 1. The number of unbranched alkanes of at least 4 members (excludes halogenated alkanes) is 1. The molecular formula is C9H17BrOZn. The van der Waals surface area contributed by atoms with Gasteiger partial charge in [-0.25, -0.2) is 0 Å².